The third-order valence-electron chi connectivity index (χ3n) is 4.38. The van der Waals surface area contributed by atoms with Gasteiger partial charge in [0, 0.05) is 23.6 Å². The van der Waals surface area contributed by atoms with E-state index in [1.54, 1.807) is 6.20 Å². The second kappa shape index (κ2) is 7.15. The van der Waals surface area contributed by atoms with Gasteiger partial charge in [0.15, 0.2) is 0 Å². The van der Waals surface area contributed by atoms with Crippen LogP contribution in [0, 0.1) is 11.3 Å². The fraction of sp³-hybridized carbons (Fsp3) is 0.368. The average molecular weight is 307 g/mol. The Labute approximate surface area is 136 Å². The number of hydrogen-bond acceptors (Lipinski definition) is 2. The Balaban J connectivity index is 1.60. The summed E-state index contributed by atoms with van der Waals surface area (Å²) in [5, 5.41) is 13.1. The molecule has 0 bridgehead atoms. The van der Waals surface area contributed by atoms with Crippen molar-refractivity contribution in [3.05, 3.63) is 47.7 Å². The van der Waals surface area contributed by atoms with E-state index >= 15 is 0 Å². The summed E-state index contributed by atoms with van der Waals surface area (Å²) in [7, 11) is 0. The summed E-state index contributed by atoms with van der Waals surface area (Å²) in [6.45, 7) is 0.941. The lowest BCUT2D eigenvalue weighted by atomic mass is 9.97. The zero-order chi connectivity index (χ0) is 16.1. The molecule has 1 heterocycles. The molecule has 1 N–H and O–H groups in total. The lowest BCUT2D eigenvalue weighted by molar-refractivity contribution is -0.121. The van der Waals surface area contributed by atoms with E-state index in [-0.39, 0.29) is 12.5 Å². The molecule has 1 amide bonds. The normalized spacial score (nSPS) is 14.3. The molecule has 2 aromatic rings. The molecule has 0 fully saturated rings. The Hall–Kier alpha value is -2.54. The molecule has 4 nitrogen and oxygen atoms in total. The number of hydrogen-bond donors (Lipinski definition) is 1. The van der Waals surface area contributed by atoms with Crippen LogP contribution in [-0.2, 0) is 11.3 Å². The van der Waals surface area contributed by atoms with Crippen LogP contribution >= 0.6 is 0 Å². The van der Waals surface area contributed by atoms with Gasteiger partial charge in [-0.1, -0.05) is 29.8 Å². The van der Waals surface area contributed by atoms with Gasteiger partial charge in [-0.2, -0.15) is 5.26 Å². The maximum absolute atomic E-state index is 12.2. The number of para-hydroxylation sites is 1. The van der Waals surface area contributed by atoms with Crippen molar-refractivity contribution in [2.45, 2.75) is 38.6 Å². The molecule has 1 aliphatic carbocycles. The Morgan fingerprint density at radius 3 is 2.96 bits per heavy atom. The van der Waals surface area contributed by atoms with Crippen LogP contribution in [0.3, 0.4) is 0 Å². The Morgan fingerprint density at radius 2 is 2.17 bits per heavy atom. The van der Waals surface area contributed by atoms with Crippen LogP contribution in [-0.4, -0.2) is 17.0 Å². The Kier molecular flexibility index (Phi) is 4.77. The number of nitriles is 1. The highest BCUT2D eigenvalue weighted by Gasteiger charge is 2.10. The summed E-state index contributed by atoms with van der Waals surface area (Å²) in [5.41, 5.74) is 3.00. The highest BCUT2D eigenvalue weighted by molar-refractivity contribution is 5.88. The first-order valence-corrected chi connectivity index (χ1v) is 8.20. The molecule has 0 radical (unpaired) electrons. The van der Waals surface area contributed by atoms with E-state index in [4.69, 9.17) is 0 Å². The summed E-state index contributed by atoms with van der Waals surface area (Å²) in [4.78, 5) is 12.2. The monoisotopic (exact) mass is 307 g/mol. The van der Waals surface area contributed by atoms with Gasteiger partial charge >= 0.3 is 0 Å². The second-order valence-electron chi connectivity index (χ2n) is 6.01. The van der Waals surface area contributed by atoms with Crippen molar-refractivity contribution in [2.24, 2.45) is 0 Å². The van der Waals surface area contributed by atoms with Crippen LogP contribution in [0.1, 0.15) is 37.7 Å². The minimum absolute atomic E-state index is 0.00773. The number of carbonyl (C=O) groups excluding carboxylic acids is 1. The fourth-order valence-electron chi connectivity index (χ4n) is 3.17. The smallest absolute Gasteiger partial charge is 0.239 e. The molecule has 1 aromatic carbocycles. The number of aromatic nitrogens is 1. The number of allylic oxidation sites excluding steroid dienone is 1. The summed E-state index contributed by atoms with van der Waals surface area (Å²) < 4.78 is 1.85. The second-order valence-corrected chi connectivity index (χ2v) is 6.01. The summed E-state index contributed by atoms with van der Waals surface area (Å²) >= 11 is 0. The highest BCUT2D eigenvalue weighted by Crippen LogP contribution is 2.21. The largest absolute Gasteiger partial charge is 0.354 e. The number of amides is 1. The van der Waals surface area contributed by atoms with Crippen molar-refractivity contribution in [3.63, 3.8) is 0 Å². The first-order valence-electron chi connectivity index (χ1n) is 8.20. The van der Waals surface area contributed by atoms with Crippen LogP contribution in [0.25, 0.3) is 10.9 Å². The number of benzene rings is 1. The Bertz CT molecular complexity index is 779. The molecule has 3 rings (SSSR count). The lowest BCUT2D eigenvalue weighted by Gasteiger charge is -2.13. The van der Waals surface area contributed by atoms with Crippen LogP contribution in [0.4, 0.5) is 0 Å². The number of rotatable bonds is 5. The topological polar surface area (TPSA) is 57.8 Å². The first kappa shape index (κ1) is 15.4. The molecule has 1 aromatic heterocycles. The van der Waals surface area contributed by atoms with Gasteiger partial charge in [0.25, 0.3) is 0 Å². The minimum Gasteiger partial charge on any atom is -0.354 e. The molecule has 0 spiro atoms. The van der Waals surface area contributed by atoms with E-state index in [1.807, 2.05) is 28.8 Å². The van der Waals surface area contributed by atoms with Crippen molar-refractivity contribution in [3.8, 4) is 6.07 Å². The summed E-state index contributed by atoms with van der Waals surface area (Å²) in [6, 6.07) is 9.88. The molecule has 4 heteroatoms. The van der Waals surface area contributed by atoms with Crippen LogP contribution in [0.5, 0.6) is 0 Å². The molecule has 118 valence electrons. The zero-order valence-electron chi connectivity index (χ0n) is 13.2. The van der Waals surface area contributed by atoms with Crippen LogP contribution in [0.15, 0.2) is 42.1 Å². The molecule has 0 saturated carbocycles. The third-order valence-corrected chi connectivity index (χ3v) is 4.38. The van der Waals surface area contributed by atoms with Gasteiger partial charge in [-0.3, -0.25) is 4.79 Å². The van der Waals surface area contributed by atoms with Crippen molar-refractivity contribution in [1.82, 2.24) is 9.88 Å². The molecular formula is C19H21N3O. The number of nitrogens with zero attached hydrogens (tertiary/aromatic N) is 2. The van der Waals surface area contributed by atoms with Crippen LogP contribution in [0.2, 0.25) is 0 Å². The van der Waals surface area contributed by atoms with E-state index in [9.17, 15) is 10.1 Å². The van der Waals surface area contributed by atoms with Crippen LogP contribution < -0.4 is 5.32 Å². The van der Waals surface area contributed by atoms with E-state index in [0.717, 1.165) is 17.3 Å². The van der Waals surface area contributed by atoms with E-state index in [0.29, 0.717) is 12.1 Å². The van der Waals surface area contributed by atoms with E-state index in [2.05, 4.69) is 17.5 Å². The zero-order valence-corrected chi connectivity index (χ0v) is 13.2. The fourth-order valence-corrected chi connectivity index (χ4v) is 3.17. The molecule has 0 saturated heterocycles. The first-order chi connectivity index (χ1) is 11.3. The maximum atomic E-state index is 12.2. The summed E-state index contributed by atoms with van der Waals surface area (Å²) in [6.07, 6.45) is 9.92. The number of fused-ring (bicyclic) bond motifs is 1. The van der Waals surface area contributed by atoms with Gasteiger partial charge in [0.1, 0.15) is 12.6 Å². The quantitative estimate of drug-likeness (QED) is 0.859. The van der Waals surface area contributed by atoms with E-state index in [1.165, 1.54) is 31.3 Å². The number of carbonyl (C=O) groups is 1. The van der Waals surface area contributed by atoms with Crippen molar-refractivity contribution in [1.29, 1.82) is 5.26 Å². The molecule has 0 atom stereocenters. The average Bonchev–Trinajstić information content (AvgIpc) is 2.94. The third kappa shape index (κ3) is 3.62. The minimum atomic E-state index is -0.00773. The van der Waals surface area contributed by atoms with Crippen molar-refractivity contribution < 1.29 is 4.79 Å². The van der Waals surface area contributed by atoms with Gasteiger partial charge in [0.05, 0.1) is 5.56 Å². The SMILES string of the molecule is N#Cc1cn(CC(=O)NCCC2=CCCCC2)c2ccccc12. The molecular weight excluding hydrogens is 286 g/mol. The highest BCUT2D eigenvalue weighted by atomic mass is 16.1. The van der Waals surface area contributed by atoms with E-state index < -0.39 is 0 Å². The van der Waals surface area contributed by atoms with Gasteiger partial charge in [0.2, 0.25) is 5.91 Å². The molecule has 23 heavy (non-hydrogen) atoms. The van der Waals surface area contributed by atoms with Crippen molar-refractivity contribution >= 4 is 16.8 Å². The molecule has 0 aliphatic heterocycles. The molecule has 0 unspecified atom stereocenters. The number of nitrogens with one attached hydrogen (secondary N) is 1. The standard InChI is InChI=1S/C19H21N3O/c20-12-16-13-22(18-9-5-4-8-17(16)18)14-19(23)21-11-10-15-6-2-1-3-7-15/h4-6,8-9,13H,1-3,7,10-11,14H2,(H,21,23). The van der Waals surface area contributed by atoms with Gasteiger partial charge in [-0.15, -0.1) is 0 Å². The van der Waals surface area contributed by atoms with Crippen molar-refractivity contribution in [2.75, 3.05) is 6.54 Å². The Morgan fingerprint density at radius 1 is 1.30 bits per heavy atom. The van der Waals surface area contributed by atoms with Gasteiger partial charge < -0.3 is 9.88 Å². The molecule has 1 aliphatic rings. The van der Waals surface area contributed by atoms with Gasteiger partial charge in [-0.05, 0) is 38.2 Å². The summed E-state index contributed by atoms with van der Waals surface area (Å²) in [5.74, 6) is -0.00773. The predicted molar refractivity (Wildman–Crippen MR) is 90.8 cm³/mol. The van der Waals surface area contributed by atoms with Gasteiger partial charge in [-0.25, -0.2) is 0 Å². The predicted octanol–water partition coefficient (Wildman–Crippen LogP) is 3.52. The lowest BCUT2D eigenvalue weighted by Crippen LogP contribution is -2.28. The maximum Gasteiger partial charge on any atom is 0.239 e.